The Morgan fingerprint density at radius 1 is 1.64 bits per heavy atom. The fourth-order valence-corrected chi connectivity index (χ4v) is 2.70. The first kappa shape index (κ1) is 7.62. The van der Waals surface area contributed by atoms with Gasteiger partial charge in [0.2, 0.25) is 0 Å². The number of hydrogen-bond donors (Lipinski definition) is 0. The van der Waals surface area contributed by atoms with Crippen molar-refractivity contribution in [3.63, 3.8) is 0 Å². The fourth-order valence-electron chi connectivity index (χ4n) is 1.68. The molecule has 0 aromatic rings. The van der Waals surface area contributed by atoms with Gasteiger partial charge >= 0.3 is 0 Å². The van der Waals surface area contributed by atoms with Gasteiger partial charge in [0.25, 0.3) is 0 Å². The highest BCUT2D eigenvalue weighted by Crippen LogP contribution is 2.34. The third kappa shape index (κ3) is 1.44. The predicted molar refractivity (Wildman–Crippen MR) is 48.4 cm³/mol. The Balaban J connectivity index is 2.09. The van der Waals surface area contributed by atoms with Crippen LogP contribution in [-0.2, 0) is 4.74 Å². The molecule has 11 heavy (non-hydrogen) atoms. The molecule has 0 amide bonds. The number of nitrogens with zero attached hydrogens (tertiary/aromatic N) is 1. The third-order valence-electron chi connectivity index (χ3n) is 2.25. The van der Waals surface area contributed by atoms with Crippen LogP contribution in [-0.4, -0.2) is 29.5 Å². The maximum absolute atomic E-state index is 5.44. The molecular formula is C8H13NOS. The molecule has 2 aliphatic heterocycles. The van der Waals surface area contributed by atoms with Crippen LogP contribution >= 0.6 is 11.8 Å². The summed E-state index contributed by atoms with van der Waals surface area (Å²) in [5.41, 5.74) is 0.174. The molecule has 1 unspecified atom stereocenters. The second-order valence-electron chi connectivity index (χ2n) is 3.30. The Labute approximate surface area is 71.4 Å². The highest BCUT2D eigenvalue weighted by Gasteiger charge is 2.36. The van der Waals surface area contributed by atoms with Crippen LogP contribution in [0.15, 0.2) is 4.99 Å². The topological polar surface area (TPSA) is 21.6 Å². The molecule has 0 N–H and O–H groups in total. The van der Waals surface area contributed by atoms with Gasteiger partial charge in [-0.15, -0.1) is 11.8 Å². The lowest BCUT2D eigenvalue weighted by atomic mass is 9.96. The number of thioether (sulfide) groups is 1. The molecule has 1 saturated heterocycles. The van der Waals surface area contributed by atoms with E-state index in [1.54, 1.807) is 0 Å². The fraction of sp³-hybridized carbons (Fsp3) is 0.875. The first-order chi connectivity index (χ1) is 5.31. The van der Waals surface area contributed by atoms with E-state index < -0.39 is 0 Å². The molecule has 0 aliphatic carbocycles. The van der Waals surface area contributed by atoms with Crippen LogP contribution in [0.1, 0.15) is 19.8 Å². The van der Waals surface area contributed by atoms with Gasteiger partial charge in [0.1, 0.15) is 0 Å². The van der Waals surface area contributed by atoms with Crippen molar-refractivity contribution in [3.8, 4) is 0 Å². The normalized spacial score (nSPS) is 37.7. The molecule has 62 valence electrons. The number of ether oxygens (including phenoxy) is 1. The van der Waals surface area contributed by atoms with Crippen LogP contribution in [0, 0.1) is 0 Å². The van der Waals surface area contributed by atoms with Gasteiger partial charge in [0.05, 0.1) is 17.2 Å². The number of hydrogen-bond acceptors (Lipinski definition) is 3. The van der Waals surface area contributed by atoms with Crippen molar-refractivity contribution in [1.29, 1.82) is 0 Å². The van der Waals surface area contributed by atoms with Crippen LogP contribution in [0.3, 0.4) is 0 Å². The van der Waals surface area contributed by atoms with Crippen molar-refractivity contribution in [2.75, 3.05) is 19.0 Å². The lowest BCUT2D eigenvalue weighted by Crippen LogP contribution is -2.37. The molecule has 1 fully saturated rings. The monoisotopic (exact) mass is 171 g/mol. The summed E-state index contributed by atoms with van der Waals surface area (Å²) in [7, 11) is 0. The maximum atomic E-state index is 5.44. The summed E-state index contributed by atoms with van der Waals surface area (Å²) in [6, 6.07) is 0. The Bertz CT molecular complexity index is 185. The zero-order valence-electron chi connectivity index (χ0n) is 6.80. The average Bonchev–Trinajstić information content (AvgIpc) is 2.34. The van der Waals surface area contributed by atoms with Crippen LogP contribution in [0.5, 0.6) is 0 Å². The Morgan fingerprint density at radius 2 is 2.55 bits per heavy atom. The maximum Gasteiger partial charge on any atom is 0.0944 e. The summed E-state index contributed by atoms with van der Waals surface area (Å²) >= 11 is 1.87. The van der Waals surface area contributed by atoms with E-state index in [1.807, 2.05) is 11.8 Å². The molecule has 0 aromatic heterocycles. The van der Waals surface area contributed by atoms with Gasteiger partial charge in [0, 0.05) is 12.4 Å². The summed E-state index contributed by atoms with van der Waals surface area (Å²) in [6.45, 7) is 3.87. The van der Waals surface area contributed by atoms with Gasteiger partial charge in [-0.3, -0.25) is 4.99 Å². The van der Waals surface area contributed by atoms with Gasteiger partial charge < -0.3 is 4.74 Å². The summed E-state index contributed by atoms with van der Waals surface area (Å²) in [6.07, 6.45) is 2.40. The van der Waals surface area contributed by atoms with Crippen molar-refractivity contribution in [2.24, 2.45) is 4.99 Å². The molecule has 2 nitrogen and oxygen atoms in total. The first-order valence-corrected chi connectivity index (χ1v) is 5.06. The van der Waals surface area contributed by atoms with Crippen molar-refractivity contribution >= 4 is 16.8 Å². The molecule has 0 saturated carbocycles. The summed E-state index contributed by atoms with van der Waals surface area (Å²) in [5, 5.41) is 1.23. The third-order valence-corrected chi connectivity index (χ3v) is 3.44. The van der Waals surface area contributed by atoms with E-state index in [4.69, 9.17) is 4.74 Å². The van der Waals surface area contributed by atoms with Crippen molar-refractivity contribution in [1.82, 2.24) is 0 Å². The molecule has 0 radical (unpaired) electrons. The largest absolute Gasteiger partial charge is 0.379 e. The van der Waals surface area contributed by atoms with Crippen LogP contribution in [0.2, 0.25) is 0 Å². The van der Waals surface area contributed by atoms with Crippen molar-refractivity contribution in [3.05, 3.63) is 0 Å². The smallest absolute Gasteiger partial charge is 0.0944 e. The van der Waals surface area contributed by atoms with E-state index in [0.717, 1.165) is 19.0 Å². The minimum atomic E-state index is 0.174. The van der Waals surface area contributed by atoms with Gasteiger partial charge in [-0.2, -0.15) is 0 Å². The van der Waals surface area contributed by atoms with Crippen molar-refractivity contribution in [2.45, 2.75) is 25.3 Å². The minimum Gasteiger partial charge on any atom is -0.379 e. The van der Waals surface area contributed by atoms with Crippen LogP contribution in [0.25, 0.3) is 0 Å². The van der Waals surface area contributed by atoms with Crippen molar-refractivity contribution < 1.29 is 4.74 Å². The molecule has 2 aliphatic rings. The molecular weight excluding hydrogens is 158 g/mol. The highest BCUT2D eigenvalue weighted by atomic mass is 32.2. The second kappa shape index (κ2) is 2.79. The van der Waals surface area contributed by atoms with E-state index in [0.29, 0.717) is 0 Å². The highest BCUT2D eigenvalue weighted by molar-refractivity contribution is 8.14. The molecule has 1 spiro atoms. The van der Waals surface area contributed by atoms with Gasteiger partial charge in [-0.05, 0) is 19.8 Å². The van der Waals surface area contributed by atoms with Crippen LogP contribution < -0.4 is 0 Å². The lowest BCUT2D eigenvalue weighted by Gasteiger charge is -2.29. The summed E-state index contributed by atoms with van der Waals surface area (Å²) in [5.74, 6) is 1.14. The van der Waals surface area contributed by atoms with E-state index in [2.05, 4.69) is 11.9 Å². The second-order valence-corrected chi connectivity index (χ2v) is 4.47. The standard InChI is InChI=1S/C8H13NOS/c1-7-9-8(6-11-7)3-2-4-10-5-8/h2-6H2,1H3. The summed E-state index contributed by atoms with van der Waals surface area (Å²) < 4.78 is 5.44. The lowest BCUT2D eigenvalue weighted by molar-refractivity contribution is 0.0497. The van der Waals surface area contributed by atoms with E-state index in [9.17, 15) is 0 Å². The quantitative estimate of drug-likeness (QED) is 0.553. The molecule has 0 aromatic carbocycles. The molecule has 1 atom stereocenters. The number of rotatable bonds is 0. The van der Waals surface area contributed by atoms with E-state index in [1.165, 1.54) is 17.9 Å². The van der Waals surface area contributed by atoms with Gasteiger partial charge in [0.15, 0.2) is 0 Å². The zero-order chi connectivity index (χ0) is 7.73. The summed E-state index contributed by atoms with van der Waals surface area (Å²) in [4.78, 5) is 4.63. The molecule has 3 heteroatoms. The Morgan fingerprint density at radius 3 is 3.09 bits per heavy atom. The minimum absolute atomic E-state index is 0.174. The SMILES string of the molecule is CC1=NC2(CCCOC2)CS1. The van der Waals surface area contributed by atoms with E-state index in [-0.39, 0.29) is 5.54 Å². The average molecular weight is 171 g/mol. The predicted octanol–water partition coefficient (Wildman–Crippen LogP) is 1.70. The first-order valence-electron chi connectivity index (χ1n) is 4.08. The molecule has 2 rings (SSSR count). The van der Waals surface area contributed by atoms with Gasteiger partial charge in [-0.25, -0.2) is 0 Å². The number of aliphatic imine (C=N–C) groups is 1. The van der Waals surface area contributed by atoms with Crippen LogP contribution in [0.4, 0.5) is 0 Å². The Hall–Kier alpha value is -0.0200. The molecule has 0 bridgehead atoms. The van der Waals surface area contributed by atoms with E-state index >= 15 is 0 Å². The molecule has 2 heterocycles. The Kier molecular flexibility index (Phi) is 1.93. The zero-order valence-corrected chi connectivity index (χ0v) is 7.62. The van der Waals surface area contributed by atoms with Gasteiger partial charge in [-0.1, -0.05) is 0 Å².